The lowest BCUT2D eigenvalue weighted by molar-refractivity contribution is 0.774. The summed E-state index contributed by atoms with van der Waals surface area (Å²) in [6, 6.07) is 0. The van der Waals surface area contributed by atoms with Gasteiger partial charge in [0, 0.05) is 30.2 Å². The van der Waals surface area contributed by atoms with Gasteiger partial charge in [0.15, 0.2) is 0 Å². The monoisotopic (exact) mass is 244 g/mol. The van der Waals surface area contributed by atoms with Crippen LogP contribution in [0.3, 0.4) is 0 Å². The number of aryl methyl sites for hydroxylation is 3. The number of hydrogen-bond acceptors (Lipinski definition) is 3. The van der Waals surface area contributed by atoms with Gasteiger partial charge in [0.1, 0.15) is 5.82 Å². The van der Waals surface area contributed by atoms with E-state index < -0.39 is 0 Å². The Morgan fingerprint density at radius 1 is 1.17 bits per heavy atom. The second kappa shape index (κ2) is 4.88. The molecule has 0 unspecified atom stereocenters. The Bertz CT molecular complexity index is 532. The molecule has 0 spiro atoms. The Morgan fingerprint density at radius 2 is 1.78 bits per heavy atom. The Morgan fingerprint density at radius 3 is 2.28 bits per heavy atom. The zero-order valence-electron chi connectivity index (χ0n) is 11.7. The van der Waals surface area contributed by atoms with Crippen molar-refractivity contribution in [1.82, 2.24) is 19.5 Å². The number of nitrogens with zero attached hydrogens (tertiary/aromatic N) is 4. The molecule has 4 heteroatoms. The van der Waals surface area contributed by atoms with E-state index in [-0.39, 0.29) is 0 Å². The average Bonchev–Trinajstić information content (AvgIpc) is 2.75. The molecule has 2 rings (SSSR count). The zero-order chi connectivity index (χ0) is 13.3. The topological polar surface area (TPSA) is 43.6 Å². The summed E-state index contributed by atoms with van der Waals surface area (Å²) >= 11 is 0. The molecule has 2 aromatic rings. The van der Waals surface area contributed by atoms with Crippen molar-refractivity contribution in [2.24, 2.45) is 0 Å². The molecular formula is C14H20N4. The van der Waals surface area contributed by atoms with E-state index in [1.807, 2.05) is 10.8 Å². The molecule has 0 bridgehead atoms. The Kier molecular flexibility index (Phi) is 3.45. The SMILES string of the molecule is CCc1nccn1-c1nc(C)c(C(C)C)c(C)n1. The minimum Gasteiger partial charge on any atom is -0.272 e. The lowest BCUT2D eigenvalue weighted by Gasteiger charge is -2.14. The van der Waals surface area contributed by atoms with E-state index in [1.165, 1.54) is 5.56 Å². The lowest BCUT2D eigenvalue weighted by Crippen LogP contribution is -2.10. The van der Waals surface area contributed by atoms with Gasteiger partial charge in [0.05, 0.1) is 0 Å². The van der Waals surface area contributed by atoms with Crippen LogP contribution in [-0.2, 0) is 6.42 Å². The van der Waals surface area contributed by atoms with Crippen molar-refractivity contribution in [3.63, 3.8) is 0 Å². The molecule has 2 heterocycles. The molecule has 4 nitrogen and oxygen atoms in total. The van der Waals surface area contributed by atoms with Crippen LogP contribution in [0, 0.1) is 13.8 Å². The van der Waals surface area contributed by atoms with Gasteiger partial charge in [0.2, 0.25) is 5.95 Å². The fourth-order valence-electron chi connectivity index (χ4n) is 2.43. The molecule has 0 N–H and O–H groups in total. The lowest BCUT2D eigenvalue weighted by atomic mass is 10.0. The van der Waals surface area contributed by atoms with Crippen molar-refractivity contribution in [3.05, 3.63) is 35.2 Å². The van der Waals surface area contributed by atoms with Gasteiger partial charge in [0.25, 0.3) is 0 Å². The molecule has 0 saturated heterocycles. The van der Waals surface area contributed by atoms with Crippen molar-refractivity contribution < 1.29 is 0 Å². The summed E-state index contributed by atoms with van der Waals surface area (Å²) < 4.78 is 1.96. The molecule has 0 fully saturated rings. The molecule has 0 aliphatic carbocycles. The van der Waals surface area contributed by atoms with Crippen molar-refractivity contribution in [1.29, 1.82) is 0 Å². The van der Waals surface area contributed by atoms with Crippen molar-refractivity contribution >= 4 is 0 Å². The Balaban J connectivity index is 2.55. The van der Waals surface area contributed by atoms with Crippen molar-refractivity contribution in [2.75, 3.05) is 0 Å². The molecule has 0 radical (unpaired) electrons. The quantitative estimate of drug-likeness (QED) is 0.833. The van der Waals surface area contributed by atoms with Gasteiger partial charge in [-0.3, -0.25) is 4.57 Å². The second-order valence-electron chi connectivity index (χ2n) is 4.83. The highest BCUT2D eigenvalue weighted by atomic mass is 15.2. The highest BCUT2D eigenvalue weighted by molar-refractivity contribution is 5.31. The van der Waals surface area contributed by atoms with Gasteiger partial charge in [-0.25, -0.2) is 15.0 Å². The van der Waals surface area contributed by atoms with E-state index in [1.54, 1.807) is 6.20 Å². The van der Waals surface area contributed by atoms with Crippen LogP contribution in [0.25, 0.3) is 5.95 Å². The number of hydrogen-bond donors (Lipinski definition) is 0. The molecule has 0 aliphatic rings. The van der Waals surface area contributed by atoms with Crippen molar-refractivity contribution in [3.8, 4) is 5.95 Å². The van der Waals surface area contributed by atoms with Crippen LogP contribution in [0.5, 0.6) is 0 Å². The highest BCUT2D eigenvalue weighted by Gasteiger charge is 2.13. The van der Waals surface area contributed by atoms with Gasteiger partial charge in [-0.05, 0) is 25.3 Å². The molecule has 18 heavy (non-hydrogen) atoms. The normalized spacial score (nSPS) is 11.2. The van der Waals surface area contributed by atoms with Crippen molar-refractivity contribution in [2.45, 2.75) is 47.0 Å². The Hall–Kier alpha value is -1.71. The number of imidazole rings is 1. The first kappa shape index (κ1) is 12.7. The molecule has 0 amide bonds. The first-order valence-corrected chi connectivity index (χ1v) is 6.42. The van der Waals surface area contributed by atoms with E-state index in [4.69, 9.17) is 0 Å². The van der Waals surface area contributed by atoms with Gasteiger partial charge >= 0.3 is 0 Å². The predicted molar refractivity (Wildman–Crippen MR) is 72.1 cm³/mol. The molecule has 2 aromatic heterocycles. The molecular weight excluding hydrogens is 224 g/mol. The van der Waals surface area contributed by atoms with E-state index in [0.717, 1.165) is 29.6 Å². The summed E-state index contributed by atoms with van der Waals surface area (Å²) in [5.41, 5.74) is 3.36. The molecule has 0 aromatic carbocycles. The van der Waals surface area contributed by atoms with Crippen LogP contribution in [-0.4, -0.2) is 19.5 Å². The van der Waals surface area contributed by atoms with E-state index in [0.29, 0.717) is 5.92 Å². The third kappa shape index (κ3) is 2.15. The summed E-state index contributed by atoms with van der Waals surface area (Å²) in [4.78, 5) is 13.5. The minimum atomic E-state index is 0.451. The first-order valence-electron chi connectivity index (χ1n) is 6.42. The summed E-state index contributed by atoms with van der Waals surface area (Å²) in [6.45, 7) is 10.5. The second-order valence-corrected chi connectivity index (χ2v) is 4.83. The third-order valence-electron chi connectivity index (χ3n) is 3.14. The summed E-state index contributed by atoms with van der Waals surface area (Å²) in [7, 11) is 0. The average molecular weight is 244 g/mol. The summed E-state index contributed by atoms with van der Waals surface area (Å²) in [5, 5.41) is 0. The van der Waals surface area contributed by atoms with E-state index >= 15 is 0 Å². The summed E-state index contributed by atoms with van der Waals surface area (Å²) in [5.74, 6) is 2.17. The zero-order valence-corrected chi connectivity index (χ0v) is 11.7. The number of aromatic nitrogens is 4. The van der Waals surface area contributed by atoms with Crippen LogP contribution in [0.15, 0.2) is 12.4 Å². The maximum Gasteiger partial charge on any atom is 0.235 e. The first-order chi connectivity index (χ1) is 8.54. The fourth-order valence-corrected chi connectivity index (χ4v) is 2.43. The smallest absolute Gasteiger partial charge is 0.235 e. The van der Waals surface area contributed by atoms with Crippen LogP contribution in [0.1, 0.15) is 49.5 Å². The van der Waals surface area contributed by atoms with Crippen LogP contribution in [0.4, 0.5) is 0 Å². The van der Waals surface area contributed by atoms with Gasteiger partial charge < -0.3 is 0 Å². The largest absolute Gasteiger partial charge is 0.272 e. The Labute approximate surface area is 108 Å². The minimum absolute atomic E-state index is 0.451. The van der Waals surface area contributed by atoms with Gasteiger partial charge in [-0.2, -0.15) is 0 Å². The summed E-state index contributed by atoms with van der Waals surface area (Å²) in [6.07, 6.45) is 4.59. The van der Waals surface area contributed by atoms with E-state index in [9.17, 15) is 0 Å². The molecule has 96 valence electrons. The van der Waals surface area contributed by atoms with Gasteiger partial charge in [-0.1, -0.05) is 20.8 Å². The van der Waals surface area contributed by atoms with Crippen LogP contribution >= 0.6 is 0 Å². The number of rotatable bonds is 3. The highest BCUT2D eigenvalue weighted by Crippen LogP contribution is 2.21. The molecule has 0 saturated carbocycles. The van der Waals surface area contributed by atoms with Gasteiger partial charge in [-0.15, -0.1) is 0 Å². The third-order valence-corrected chi connectivity index (χ3v) is 3.14. The van der Waals surface area contributed by atoms with E-state index in [2.05, 4.69) is 49.6 Å². The maximum absolute atomic E-state index is 4.62. The van der Waals surface area contributed by atoms with Crippen LogP contribution in [0.2, 0.25) is 0 Å². The molecule has 0 atom stereocenters. The van der Waals surface area contributed by atoms with Crippen LogP contribution < -0.4 is 0 Å². The molecule has 0 aliphatic heterocycles. The maximum atomic E-state index is 4.62. The fraction of sp³-hybridized carbons (Fsp3) is 0.500. The predicted octanol–water partition coefficient (Wildman–Crippen LogP) is 2.96. The standard InChI is InChI=1S/C14H20N4/c1-6-12-15-7-8-18(12)14-16-10(4)13(9(2)3)11(5)17-14/h7-9H,6H2,1-5H3.